The summed E-state index contributed by atoms with van der Waals surface area (Å²) in [5.41, 5.74) is -0.930. The van der Waals surface area contributed by atoms with Crippen LogP contribution >= 0.6 is 22.9 Å². The van der Waals surface area contributed by atoms with E-state index in [-0.39, 0.29) is 26.9 Å². The van der Waals surface area contributed by atoms with Gasteiger partial charge in [0, 0.05) is 0 Å². The molecule has 0 spiro atoms. The molecule has 1 heterocycles. The molecular formula is C18H13ClF4N2O4S3. The first-order chi connectivity index (χ1) is 14.8. The van der Waals surface area contributed by atoms with Gasteiger partial charge in [-0.15, -0.1) is 0 Å². The van der Waals surface area contributed by atoms with Crippen molar-refractivity contribution in [3.63, 3.8) is 0 Å². The lowest BCUT2D eigenvalue weighted by Gasteiger charge is -2.11. The van der Waals surface area contributed by atoms with Gasteiger partial charge in [0.1, 0.15) is 0 Å². The summed E-state index contributed by atoms with van der Waals surface area (Å²) < 4.78 is 104. The molecule has 3 aromatic rings. The SMILES string of the molecule is O=S(=O)(CCc1ccc(Cl)c(C(F)(F)F)c1)c1ccc(S(=O)(=O)Nc2ncc(F)s2)cc1. The summed E-state index contributed by atoms with van der Waals surface area (Å²) in [5, 5.41) is -1.37. The number of sulfonamides is 1. The molecule has 32 heavy (non-hydrogen) atoms. The van der Waals surface area contributed by atoms with E-state index in [0.717, 1.165) is 42.6 Å². The molecule has 0 aliphatic heterocycles. The Bertz CT molecular complexity index is 1340. The van der Waals surface area contributed by atoms with E-state index >= 15 is 0 Å². The zero-order chi connectivity index (χ0) is 23.7. The molecule has 0 amide bonds. The Morgan fingerprint density at radius 1 is 1.00 bits per heavy atom. The number of thiazole rings is 1. The van der Waals surface area contributed by atoms with E-state index in [1.165, 1.54) is 6.07 Å². The second kappa shape index (κ2) is 8.96. The lowest BCUT2D eigenvalue weighted by Crippen LogP contribution is -2.14. The normalized spacial score (nSPS) is 12.7. The van der Waals surface area contributed by atoms with Gasteiger partial charge in [0.2, 0.25) is 0 Å². The molecule has 0 aliphatic rings. The summed E-state index contributed by atoms with van der Waals surface area (Å²) in [6.07, 6.45) is -4.04. The molecule has 14 heteroatoms. The molecule has 0 fully saturated rings. The monoisotopic (exact) mass is 528 g/mol. The van der Waals surface area contributed by atoms with Crippen LogP contribution in [0.15, 0.2) is 58.5 Å². The molecule has 1 N–H and O–H groups in total. The molecule has 0 saturated heterocycles. The van der Waals surface area contributed by atoms with Gasteiger partial charge < -0.3 is 0 Å². The fourth-order valence-electron chi connectivity index (χ4n) is 2.62. The number of nitrogens with one attached hydrogen (secondary N) is 1. The first-order valence-electron chi connectivity index (χ1n) is 8.60. The van der Waals surface area contributed by atoms with Crippen LogP contribution in [0.25, 0.3) is 0 Å². The lowest BCUT2D eigenvalue weighted by molar-refractivity contribution is -0.137. The van der Waals surface area contributed by atoms with Crippen LogP contribution in [0.5, 0.6) is 0 Å². The predicted molar refractivity (Wildman–Crippen MR) is 112 cm³/mol. The van der Waals surface area contributed by atoms with E-state index in [9.17, 15) is 34.4 Å². The summed E-state index contributed by atoms with van der Waals surface area (Å²) in [7, 11) is -8.05. The first kappa shape index (κ1) is 24.4. The third-order valence-corrected chi connectivity index (χ3v) is 8.43. The van der Waals surface area contributed by atoms with Crippen LogP contribution in [0.1, 0.15) is 11.1 Å². The van der Waals surface area contributed by atoms with Gasteiger partial charge in [-0.1, -0.05) is 29.0 Å². The van der Waals surface area contributed by atoms with Crippen LogP contribution < -0.4 is 4.72 Å². The number of alkyl halides is 3. The predicted octanol–water partition coefficient (Wildman–Crippen LogP) is 4.77. The summed E-state index contributed by atoms with van der Waals surface area (Å²) in [6, 6.07) is 7.36. The van der Waals surface area contributed by atoms with Gasteiger partial charge in [0.25, 0.3) is 10.0 Å². The lowest BCUT2D eigenvalue weighted by atomic mass is 10.1. The average molecular weight is 529 g/mol. The second-order valence-corrected chi connectivity index (χ2v) is 11.6. The smallest absolute Gasteiger partial charge is 0.255 e. The van der Waals surface area contributed by atoms with Crippen molar-refractivity contribution in [2.45, 2.75) is 22.4 Å². The van der Waals surface area contributed by atoms with Crippen LogP contribution in [-0.4, -0.2) is 27.6 Å². The van der Waals surface area contributed by atoms with Gasteiger partial charge in [-0.25, -0.2) is 21.8 Å². The summed E-state index contributed by atoms with van der Waals surface area (Å²) in [5.74, 6) is -0.505. The van der Waals surface area contributed by atoms with Crippen molar-refractivity contribution in [1.29, 1.82) is 0 Å². The number of aromatic nitrogens is 1. The molecule has 6 nitrogen and oxygen atoms in total. The van der Waals surface area contributed by atoms with E-state index < -0.39 is 47.5 Å². The summed E-state index contributed by atoms with van der Waals surface area (Å²) in [4.78, 5) is 3.06. The number of aryl methyl sites for hydroxylation is 1. The Hall–Kier alpha value is -2.22. The van der Waals surface area contributed by atoms with Gasteiger partial charge in [-0.3, -0.25) is 4.72 Å². The van der Waals surface area contributed by atoms with Gasteiger partial charge in [0.05, 0.1) is 32.3 Å². The van der Waals surface area contributed by atoms with E-state index in [2.05, 4.69) is 9.71 Å². The molecule has 0 saturated carbocycles. The summed E-state index contributed by atoms with van der Waals surface area (Å²) in [6.45, 7) is 0. The van der Waals surface area contributed by atoms with Crippen LogP contribution in [0.4, 0.5) is 22.7 Å². The molecule has 0 atom stereocenters. The number of sulfone groups is 1. The third-order valence-electron chi connectivity index (χ3n) is 4.19. The Kier molecular flexibility index (Phi) is 6.84. The number of anilines is 1. The molecule has 0 bridgehead atoms. The molecule has 0 unspecified atom stereocenters. The van der Waals surface area contributed by atoms with E-state index in [1.807, 2.05) is 0 Å². The highest BCUT2D eigenvalue weighted by molar-refractivity contribution is 7.93. The Morgan fingerprint density at radius 3 is 2.19 bits per heavy atom. The quantitative estimate of drug-likeness (QED) is 0.446. The standard InChI is InChI=1S/C18H13ClF4N2O4S3/c19-15-6-1-11(9-14(15)18(21,22)23)7-8-31(26,27)12-2-4-13(5-3-12)32(28,29)25-17-24-10-16(20)30-17/h1-6,9-10H,7-8H2,(H,24,25). The van der Waals surface area contributed by atoms with E-state index in [4.69, 9.17) is 11.6 Å². The molecule has 1 aromatic heterocycles. The van der Waals surface area contributed by atoms with Crippen molar-refractivity contribution < 1.29 is 34.4 Å². The topological polar surface area (TPSA) is 93.2 Å². The fourth-order valence-corrected chi connectivity index (χ4v) is 5.92. The molecular weight excluding hydrogens is 516 g/mol. The highest BCUT2D eigenvalue weighted by Gasteiger charge is 2.33. The zero-order valence-corrected chi connectivity index (χ0v) is 18.9. The Balaban J connectivity index is 1.74. The van der Waals surface area contributed by atoms with Crippen molar-refractivity contribution >= 4 is 47.9 Å². The molecule has 3 rings (SSSR count). The highest BCUT2D eigenvalue weighted by Crippen LogP contribution is 2.35. The Labute approximate surface area is 189 Å². The number of nitrogens with zero attached hydrogens (tertiary/aromatic N) is 1. The maximum absolute atomic E-state index is 13.0. The molecule has 2 aromatic carbocycles. The van der Waals surface area contributed by atoms with Crippen molar-refractivity contribution in [2.75, 3.05) is 10.5 Å². The van der Waals surface area contributed by atoms with Gasteiger partial charge in [0.15, 0.2) is 20.1 Å². The number of hydrogen-bond acceptors (Lipinski definition) is 6. The summed E-state index contributed by atoms with van der Waals surface area (Å²) >= 11 is 6.04. The third kappa shape index (κ3) is 5.77. The number of hydrogen-bond donors (Lipinski definition) is 1. The molecule has 0 radical (unpaired) electrons. The number of benzene rings is 2. The van der Waals surface area contributed by atoms with Crippen molar-refractivity contribution in [3.05, 3.63) is 69.9 Å². The van der Waals surface area contributed by atoms with Crippen LogP contribution in [-0.2, 0) is 32.5 Å². The Morgan fingerprint density at radius 2 is 1.62 bits per heavy atom. The van der Waals surface area contributed by atoms with Crippen molar-refractivity contribution in [2.24, 2.45) is 0 Å². The van der Waals surface area contributed by atoms with Crippen molar-refractivity contribution in [3.8, 4) is 0 Å². The van der Waals surface area contributed by atoms with Crippen LogP contribution in [0.3, 0.4) is 0 Å². The second-order valence-electron chi connectivity index (χ2n) is 6.43. The maximum atomic E-state index is 13.0. The maximum Gasteiger partial charge on any atom is 0.417 e. The number of rotatable bonds is 7. The van der Waals surface area contributed by atoms with Crippen LogP contribution in [0, 0.1) is 5.13 Å². The molecule has 172 valence electrons. The first-order valence-corrected chi connectivity index (χ1v) is 12.9. The number of halogens is 5. The van der Waals surface area contributed by atoms with E-state index in [0.29, 0.717) is 11.3 Å². The average Bonchev–Trinajstić information content (AvgIpc) is 3.10. The minimum atomic E-state index is -4.67. The van der Waals surface area contributed by atoms with Gasteiger partial charge in [-0.2, -0.15) is 17.6 Å². The van der Waals surface area contributed by atoms with Crippen molar-refractivity contribution in [1.82, 2.24) is 4.98 Å². The minimum absolute atomic E-state index is 0.129. The largest absolute Gasteiger partial charge is 0.417 e. The van der Waals surface area contributed by atoms with Gasteiger partial charge >= 0.3 is 6.18 Å². The van der Waals surface area contributed by atoms with E-state index in [1.54, 1.807) is 0 Å². The van der Waals surface area contributed by atoms with Gasteiger partial charge in [-0.05, 0) is 48.4 Å². The fraction of sp³-hybridized carbons (Fsp3) is 0.167. The molecule has 0 aliphatic carbocycles. The highest BCUT2D eigenvalue weighted by atomic mass is 35.5. The van der Waals surface area contributed by atoms with Crippen LogP contribution in [0.2, 0.25) is 5.02 Å². The minimum Gasteiger partial charge on any atom is -0.255 e. The zero-order valence-electron chi connectivity index (χ0n) is 15.7.